The van der Waals surface area contributed by atoms with Crippen molar-refractivity contribution in [1.82, 2.24) is 15.1 Å². The van der Waals surface area contributed by atoms with E-state index in [1.54, 1.807) is 4.68 Å². The van der Waals surface area contributed by atoms with Crippen LogP contribution < -0.4 is 10.1 Å². The van der Waals surface area contributed by atoms with Crippen molar-refractivity contribution in [2.24, 2.45) is 7.05 Å². The topological polar surface area (TPSA) is 39.1 Å². The Morgan fingerprint density at radius 3 is 2.95 bits per heavy atom. The van der Waals surface area contributed by atoms with Crippen LogP contribution in [0.3, 0.4) is 0 Å². The lowest BCUT2D eigenvalue weighted by atomic mass is 10.2. The van der Waals surface area contributed by atoms with E-state index >= 15 is 0 Å². The van der Waals surface area contributed by atoms with Gasteiger partial charge in [0.05, 0.1) is 10.7 Å². The molecule has 1 aliphatic rings. The van der Waals surface area contributed by atoms with Crippen LogP contribution >= 0.6 is 11.6 Å². The molecule has 4 nitrogen and oxygen atoms in total. The van der Waals surface area contributed by atoms with Crippen LogP contribution in [0.25, 0.3) is 0 Å². The van der Waals surface area contributed by atoms with Crippen LogP contribution in [0.15, 0.2) is 30.5 Å². The van der Waals surface area contributed by atoms with Crippen molar-refractivity contribution in [2.75, 3.05) is 0 Å². The van der Waals surface area contributed by atoms with Gasteiger partial charge in [-0.2, -0.15) is 5.10 Å². The van der Waals surface area contributed by atoms with E-state index in [2.05, 4.69) is 16.5 Å². The van der Waals surface area contributed by atoms with Crippen LogP contribution in [0.4, 0.5) is 0 Å². The fraction of sp³-hybridized carbons (Fsp3) is 0.400. The molecule has 0 amide bonds. The van der Waals surface area contributed by atoms with Crippen molar-refractivity contribution < 1.29 is 4.74 Å². The summed E-state index contributed by atoms with van der Waals surface area (Å²) in [5.74, 6) is 0.757. The lowest BCUT2D eigenvalue weighted by Crippen LogP contribution is -2.16. The Bertz CT molecular complexity index is 593. The number of nitrogens with one attached hydrogen (secondary N) is 1. The zero-order valence-electron chi connectivity index (χ0n) is 11.5. The normalized spacial score (nSPS) is 14.5. The molecule has 0 saturated heterocycles. The monoisotopic (exact) mass is 291 g/mol. The van der Waals surface area contributed by atoms with E-state index in [9.17, 15) is 0 Å². The lowest BCUT2D eigenvalue weighted by Gasteiger charge is -2.13. The Hall–Kier alpha value is -1.52. The maximum Gasteiger partial charge on any atom is 0.142 e. The fourth-order valence-electron chi connectivity index (χ4n) is 2.08. The number of nitrogens with zero attached hydrogens (tertiary/aromatic N) is 2. The third-order valence-corrected chi connectivity index (χ3v) is 3.64. The number of ether oxygens (including phenoxy) is 1. The second-order valence-electron chi connectivity index (χ2n) is 5.15. The molecule has 1 N–H and O–H groups in total. The number of para-hydroxylation sites is 1. The molecule has 0 radical (unpaired) electrons. The molecule has 1 saturated carbocycles. The summed E-state index contributed by atoms with van der Waals surface area (Å²) in [5, 5.41) is 8.44. The van der Waals surface area contributed by atoms with Gasteiger partial charge in [0.25, 0.3) is 0 Å². The average molecular weight is 292 g/mol. The van der Waals surface area contributed by atoms with E-state index in [-0.39, 0.29) is 0 Å². The minimum absolute atomic E-state index is 0.432. The molecule has 1 aromatic carbocycles. The van der Waals surface area contributed by atoms with Gasteiger partial charge in [-0.25, -0.2) is 0 Å². The van der Waals surface area contributed by atoms with Crippen LogP contribution in [0.1, 0.15) is 24.1 Å². The van der Waals surface area contributed by atoms with Gasteiger partial charge in [-0.15, -0.1) is 0 Å². The van der Waals surface area contributed by atoms with Crippen molar-refractivity contribution in [2.45, 2.75) is 32.0 Å². The predicted molar refractivity (Wildman–Crippen MR) is 78.9 cm³/mol. The second-order valence-corrected chi connectivity index (χ2v) is 5.56. The number of aryl methyl sites for hydroxylation is 1. The van der Waals surface area contributed by atoms with E-state index in [4.69, 9.17) is 16.3 Å². The van der Waals surface area contributed by atoms with Crippen molar-refractivity contribution in [3.8, 4) is 5.75 Å². The van der Waals surface area contributed by atoms with Crippen LogP contribution in [0, 0.1) is 0 Å². The molecule has 0 atom stereocenters. The quantitative estimate of drug-likeness (QED) is 0.889. The van der Waals surface area contributed by atoms with E-state index in [0.717, 1.165) is 23.6 Å². The Morgan fingerprint density at radius 2 is 2.25 bits per heavy atom. The SMILES string of the molecule is Cn1ccc(COc2c(Cl)cccc2CNC2CC2)n1. The third-order valence-electron chi connectivity index (χ3n) is 3.34. The van der Waals surface area contributed by atoms with Gasteiger partial charge >= 0.3 is 0 Å². The Labute approximate surface area is 123 Å². The first-order chi connectivity index (χ1) is 9.72. The molecular weight excluding hydrogens is 274 g/mol. The van der Waals surface area contributed by atoms with Crippen molar-refractivity contribution in [3.63, 3.8) is 0 Å². The number of aromatic nitrogens is 2. The van der Waals surface area contributed by atoms with Gasteiger partial charge in [0.15, 0.2) is 0 Å². The Balaban J connectivity index is 1.69. The molecule has 0 spiro atoms. The molecule has 2 aromatic rings. The highest BCUT2D eigenvalue weighted by atomic mass is 35.5. The van der Waals surface area contributed by atoms with Gasteiger partial charge in [-0.05, 0) is 25.0 Å². The van der Waals surface area contributed by atoms with Crippen LogP contribution in [-0.2, 0) is 20.2 Å². The number of hydrogen-bond donors (Lipinski definition) is 1. The maximum atomic E-state index is 6.25. The molecule has 1 fully saturated rings. The summed E-state index contributed by atoms with van der Waals surface area (Å²) >= 11 is 6.25. The molecule has 106 valence electrons. The largest absolute Gasteiger partial charge is 0.485 e. The zero-order chi connectivity index (χ0) is 13.9. The zero-order valence-corrected chi connectivity index (χ0v) is 12.2. The van der Waals surface area contributed by atoms with E-state index in [1.165, 1.54) is 12.8 Å². The first-order valence-corrected chi connectivity index (χ1v) is 7.22. The molecule has 0 aliphatic heterocycles. The Morgan fingerprint density at radius 1 is 1.40 bits per heavy atom. The van der Waals surface area contributed by atoms with Gasteiger partial charge in [-0.3, -0.25) is 4.68 Å². The summed E-state index contributed by atoms with van der Waals surface area (Å²) in [6.07, 6.45) is 4.44. The van der Waals surface area contributed by atoms with Gasteiger partial charge in [0.2, 0.25) is 0 Å². The molecule has 5 heteroatoms. The number of benzene rings is 1. The van der Waals surface area contributed by atoms with Crippen molar-refractivity contribution in [1.29, 1.82) is 0 Å². The molecule has 1 heterocycles. The van der Waals surface area contributed by atoms with Gasteiger partial charge in [-0.1, -0.05) is 23.7 Å². The molecular formula is C15H18ClN3O. The van der Waals surface area contributed by atoms with E-state index in [0.29, 0.717) is 17.7 Å². The first kappa shape index (κ1) is 13.5. The number of hydrogen-bond acceptors (Lipinski definition) is 3. The van der Waals surface area contributed by atoms with Crippen LogP contribution in [0.5, 0.6) is 5.75 Å². The lowest BCUT2D eigenvalue weighted by molar-refractivity contribution is 0.296. The maximum absolute atomic E-state index is 6.25. The minimum atomic E-state index is 0.432. The number of rotatable bonds is 6. The molecule has 1 aromatic heterocycles. The second kappa shape index (κ2) is 5.85. The van der Waals surface area contributed by atoms with Gasteiger partial charge < -0.3 is 10.1 Å². The molecule has 0 bridgehead atoms. The molecule has 20 heavy (non-hydrogen) atoms. The predicted octanol–water partition coefficient (Wildman–Crippen LogP) is 2.90. The highest BCUT2D eigenvalue weighted by Crippen LogP contribution is 2.30. The summed E-state index contributed by atoms with van der Waals surface area (Å²) in [5.41, 5.74) is 1.99. The van der Waals surface area contributed by atoms with Gasteiger partial charge in [0, 0.05) is 31.4 Å². The first-order valence-electron chi connectivity index (χ1n) is 6.84. The minimum Gasteiger partial charge on any atom is -0.485 e. The van der Waals surface area contributed by atoms with Crippen LogP contribution in [0.2, 0.25) is 5.02 Å². The Kier molecular flexibility index (Phi) is 3.94. The highest BCUT2D eigenvalue weighted by Gasteiger charge is 2.21. The van der Waals surface area contributed by atoms with Crippen molar-refractivity contribution >= 4 is 11.6 Å². The number of halogens is 1. The highest BCUT2D eigenvalue weighted by molar-refractivity contribution is 6.32. The third kappa shape index (κ3) is 3.32. The summed E-state index contributed by atoms with van der Waals surface area (Å²) in [6.45, 7) is 1.23. The molecule has 3 rings (SSSR count). The fourth-order valence-corrected chi connectivity index (χ4v) is 2.33. The summed E-state index contributed by atoms with van der Waals surface area (Å²) in [6, 6.07) is 8.47. The average Bonchev–Trinajstić information content (AvgIpc) is 3.17. The van der Waals surface area contributed by atoms with Crippen LogP contribution in [-0.4, -0.2) is 15.8 Å². The van der Waals surface area contributed by atoms with Gasteiger partial charge in [0.1, 0.15) is 12.4 Å². The summed E-state index contributed by atoms with van der Waals surface area (Å²) in [7, 11) is 1.89. The molecule has 0 unspecified atom stereocenters. The standard InChI is InChI=1S/C15H18ClN3O/c1-19-8-7-13(18-19)10-20-15-11(3-2-4-14(15)16)9-17-12-5-6-12/h2-4,7-8,12,17H,5-6,9-10H2,1H3. The molecule has 1 aliphatic carbocycles. The van der Waals surface area contributed by atoms with E-state index in [1.807, 2.05) is 31.4 Å². The summed E-state index contributed by atoms with van der Waals surface area (Å²) < 4.78 is 7.64. The van der Waals surface area contributed by atoms with E-state index < -0.39 is 0 Å². The van der Waals surface area contributed by atoms with Crippen molar-refractivity contribution in [3.05, 3.63) is 46.7 Å². The smallest absolute Gasteiger partial charge is 0.142 e. The summed E-state index contributed by atoms with van der Waals surface area (Å²) in [4.78, 5) is 0.